The highest BCUT2D eigenvalue weighted by Gasteiger charge is 2.26. The summed E-state index contributed by atoms with van der Waals surface area (Å²) in [5.74, 6) is 1.13. The van der Waals surface area contributed by atoms with Gasteiger partial charge in [0.2, 0.25) is 11.8 Å². The summed E-state index contributed by atoms with van der Waals surface area (Å²) in [6.45, 7) is 8.94. The van der Waals surface area contributed by atoms with Crippen LogP contribution in [0.2, 0.25) is 0 Å². The van der Waals surface area contributed by atoms with Gasteiger partial charge in [0.25, 0.3) is 0 Å². The number of ether oxygens (including phenoxy) is 1. The number of benzene rings is 2. The number of aliphatic hydroxyl groups is 1. The topological polar surface area (TPSA) is 117 Å². The summed E-state index contributed by atoms with van der Waals surface area (Å²) >= 11 is 0. The van der Waals surface area contributed by atoms with Crippen molar-refractivity contribution in [2.75, 3.05) is 23.4 Å². The zero-order valence-corrected chi connectivity index (χ0v) is 24.3. The van der Waals surface area contributed by atoms with Gasteiger partial charge < -0.3 is 20.1 Å². The number of aryl methyl sites for hydroxylation is 1. The summed E-state index contributed by atoms with van der Waals surface area (Å²) in [5.41, 5.74) is 2.96. The molecule has 1 saturated heterocycles. The first-order valence-corrected chi connectivity index (χ1v) is 14.0. The van der Waals surface area contributed by atoms with Gasteiger partial charge in [-0.2, -0.15) is 10.1 Å². The SMILES string of the molecule is Cc1ccc(-n2nc(C(C)(C)C)cc2NC(=O)NCc2cc(F)ccc2Oc2ccnc(N3CCC[C@H]3CO)n2)cc1. The van der Waals surface area contributed by atoms with E-state index >= 15 is 0 Å². The van der Waals surface area contributed by atoms with E-state index in [0.29, 0.717) is 23.1 Å². The molecule has 1 atom stereocenters. The largest absolute Gasteiger partial charge is 0.439 e. The van der Waals surface area contributed by atoms with Crippen molar-refractivity contribution in [1.82, 2.24) is 25.1 Å². The van der Waals surface area contributed by atoms with Crippen LogP contribution in [-0.2, 0) is 12.0 Å². The molecule has 220 valence electrons. The van der Waals surface area contributed by atoms with Crippen molar-refractivity contribution < 1.29 is 19.0 Å². The highest BCUT2D eigenvalue weighted by Crippen LogP contribution is 2.29. The van der Waals surface area contributed by atoms with Gasteiger partial charge in [-0.15, -0.1) is 0 Å². The van der Waals surface area contributed by atoms with E-state index in [9.17, 15) is 14.3 Å². The maximum atomic E-state index is 14.2. The van der Waals surface area contributed by atoms with Crippen molar-refractivity contribution in [3.05, 3.63) is 83.4 Å². The predicted molar refractivity (Wildman–Crippen MR) is 159 cm³/mol. The van der Waals surface area contributed by atoms with Gasteiger partial charge >= 0.3 is 6.03 Å². The van der Waals surface area contributed by atoms with Crippen molar-refractivity contribution in [2.45, 2.75) is 58.5 Å². The van der Waals surface area contributed by atoms with Gasteiger partial charge in [0.1, 0.15) is 17.4 Å². The first-order chi connectivity index (χ1) is 20.1. The highest BCUT2D eigenvalue weighted by atomic mass is 19.1. The lowest BCUT2D eigenvalue weighted by Crippen LogP contribution is -2.33. The molecule has 5 rings (SSSR count). The summed E-state index contributed by atoms with van der Waals surface area (Å²) in [6, 6.07) is 14.9. The van der Waals surface area contributed by atoms with E-state index in [4.69, 9.17) is 9.84 Å². The minimum absolute atomic E-state index is 0.000373. The molecule has 3 N–H and O–H groups in total. The number of nitrogens with zero attached hydrogens (tertiary/aromatic N) is 5. The molecule has 3 heterocycles. The molecule has 2 amide bonds. The molecule has 0 unspecified atom stereocenters. The van der Waals surface area contributed by atoms with Gasteiger partial charge in [0, 0.05) is 42.4 Å². The van der Waals surface area contributed by atoms with E-state index in [1.807, 2.05) is 42.2 Å². The van der Waals surface area contributed by atoms with E-state index in [1.165, 1.54) is 18.2 Å². The summed E-state index contributed by atoms with van der Waals surface area (Å²) < 4.78 is 22.0. The molecule has 2 aromatic heterocycles. The van der Waals surface area contributed by atoms with Crippen LogP contribution in [-0.4, -0.2) is 50.1 Å². The lowest BCUT2D eigenvalue weighted by Gasteiger charge is -2.23. The number of rotatable bonds is 8. The Labute approximate surface area is 244 Å². The molecule has 10 nitrogen and oxygen atoms in total. The zero-order chi connectivity index (χ0) is 29.9. The number of aliphatic hydroxyl groups excluding tert-OH is 1. The third-order valence-electron chi connectivity index (χ3n) is 7.14. The van der Waals surface area contributed by atoms with Gasteiger partial charge in [0.15, 0.2) is 0 Å². The number of amides is 2. The van der Waals surface area contributed by atoms with Crippen molar-refractivity contribution >= 4 is 17.8 Å². The minimum atomic E-state index is -0.479. The van der Waals surface area contributed by atoms with Crippen LogP contribution in [0.3, 0.4) is 0 Å². The lowest BCUT2D eigenvalue weighted by atomic mass is 9.92. The zero-order valence-electron chi connectivity index (χ0n) is 24.3. The second-order valence-electron chi connectivity index (χ2n) is 11.4. The monoisotopic (exact) mass is 573 g/mol. The van der Waals surface area contributed by atoms with Gasteiger partial charge in [-0.3, -0.25) is 5.32 Å². The number of carbonyl (C=O) groups excluding carboxylic acids is 1. The molecule has 0 saturated carbocycles. The third kappa shape index (κ3) is 6.68. The van der Waals surface area contributed by atoms with Crippen molar-refractivity contribution in [3.8, 4) is 17.3 Å². The molecule has 1 aliphatic heterocycles. The summed E-state index contributed by atoms with van der Waals surface area (Å²) in [7, 11) is 0. The van der Waals surface area contributed by atoms with Crippen LogP contribution in [0.4, 0.5) is 21.0 Å². The van der Waals surface area contributed by atoms with Crippen LogP contribution in [0, 0.1) is 12.7 Å². The number of aromatic nitrogens is 4. The van der Waals surface area contributed by atoms with Crippen LogP contribution in [0.25, 0.3) is 5.69 Å². The average molecular weight is 574 g/mol. The van der Waals surface area contributed by atoms with Crippen LogP contribution in [0.5, 0.6) is 11.6 Å². The van der Waals surface area contributed by atoms with Crippen molar-refractivity contribution in [1.29, 1.82) is 0 Å². The fourth-order valence-electron chi connectivity index (χ4n) is 4.77. The molecule has 0 spiro atoms. The second-order valence-corrected chi connectivity index (χ2v) is 11.4. The summed E-state index contributed by atoms with van der Waals surface area (Å²) in [5, 5.41) is 20.1. The standard InChI is InChI=1S/C31H36FN7O3/c1-20-7-10-23(11-8-20)39-27(17-26(37-39)31(2,3)4)35-30(41)34-18-21-16-22(32)9-12-25(21)42-28-13-14-33-29(36-28)38-15-5-6-24(38)19-40/h7-14,16-17,24,40H,5-6,15,18-19H2,1-4H3,(H2,34,35,41)/t24-/m0/s1. The number of hydrogen-bond acceptors (Lipinski definition) is 7. The van der Waals surface area contributed by atoms with Crippen LogP contribution in [0.15, 0.2) is 60.8 Å². The molecule has 42 heavy (non-hydrogen) atoms. The van der Waals surface area contributed by atoms with E-state index in [2.05, 4.69) is 41.4 Å². The normalized spacial score (nSPS) is 15.1. The minimum Gasteiger partial charge on any atom is -0.439 e. The molecule has 1 fully saturated rings. The number of anilines is 2. The van der Waals surface area contributed by atoms with Crippen LogP contribution >= 0.6 is 0 Å². The quantitative estimate of drug-likeness (QED) is 0.255. The van der Waals surface area contributed by atoms with Crippen LogP contribution < -0.4 is 20.3 Å². The fraction of sp³-hybridized carbons (Fsp3) is 0.355. The molecule has 0 aliphatic carbocycles. The van der Waals surface area contributed by atoms with Crippen molar-refractivity contribution in [2.24, 2.45) is 0 Å². The predicted octanol–water partition coefficient (Wildman–Crippen LogP) is 5.48. The van der Waals surface area contributed by atoms with Gasteiger partial charge in [-0.1, -0.05) is 38.5 Å². The van der Waals surface area contributed by atoms with Crippen LogP contribution in [0.1, 0.15) is 50.4 Å². The molecular weight excluding hydrogens is 537 g/mol. The number of nitrogens with one attached hydrogen (secondary N) is 2. The summed E-state index contributed by atoms with van der Waals surface area (Å²) in [4.78, 5) is 23.8. The first-order valence-electron chi connectivity index (χ1n) is 14.0. The maximum absolute atomic E-state index is 14.2. The molecular formula is C31H36FN7O3. The Kier molecular flexibility index (Phi) is 8.39. The number of hydrogen-bond donors (Lipinski definition) is 3. The van der Waals surface area contributed by atoms with E-state index < -0.39 is 11.8 Å². The molecule has 11 heteroatoms. The molecule has 0 bridgehead atoms. The van der Waals surface area contributed by atoms with Gasteiger partial charge in [0.05, 0.1) is 24.0 Å². The van der Waals surface area contributed by atoms with Gasteiger partial charge in [-0.05, 0) is 50.1 Å². The Balaban J connectivity index is 1.31. The average Bonchev–Trinajstić information content (AvgIpc) is 3.61. The van der Waals surface area contributed by atoms with E-state index in [0.717, 1.165) is 36.3 Å². The Bertz CT molecular complexity index is 1550. The maximum Gasteiger partial charge on any atom is 0.320 e. The molecule has 0 radical (unpaired) electrons. The van der Waals surface area contributed by atoms with Crippen molar-refractivity contribution in [3.63, 3.8) is 0 Å². The summed E-state index contributed by atoms with van der Waals surface area (Å²) in [6.07, 6.45) is 3.39. The highest BCUT2D eigenvalue weighted by molar-refractivity contribution is 5.88. The lowest BCUT2D eigenvalue weighted by molar-refractivity contribution is 0.251. The third-order valence-corrected chi connectivity index (χ3v) is 7.14. The number of carbonyl (C=O) groups is 1. The number of halogens is 1. The molecule has 4 aromatic rings. The Morgan fingerprint density at radius 3 is 2.67 bits per heavy atom. The Morgan fingerprint density at radius 2 is 1.93 bits per heavy atom. The molecule has 2 aromatic carbocycles. The number of urea groups is 1. The van der Waals surface area contributed by atoms with E-state index in [-0.39, 0.29) is 30.5 Å². The smallest absolute Gasteiger partial charge is 0.320 e. The Morgan fingerprint density at radius 1 is 1.14 bits per heavy atom. The molecule has 1 aliphatic rings. The second kappa shape index (κ2) is 12.2. The fourth-order valence-corrected chi connectivity index (χ4v) is 4.77. The van der Waals surface area contributed by atoms with E-state index in [1.54, 1.807) is 16.9 Å². The Hall–Kier alpha value is -4.51. The van der Waals surface area contributed by atoms with Gasteiger partial charge in [-0.25, -0.2) is 18.9 Å². The first kappa shape index (κ1) is 29.0.